The third-order valence-corrected chi connectivity index (χ3v) is 7.14. The molecule has 3 unspecified atom stereocenters. The molecule has 5 saturated heterocycles. The first-order chi connectivity index (χ1) is 14.6. The molecule has 2 spiro atoms. The van der Waals surface area contributed by atoms with E-state index in [1.54, 1.807) is 0 Å². The summed E-state index contributed by atoms with van der Waals surface area (Å²) < 4.78 is 32.8. The van der Waals surface area contributed by atoms with Gasteiger partial charge >= 0.3 is 17.7 Å². The van der Waals surface area contributed by atoms with Crippen molar-refractivity contribution in [3.63, 3.8) is 0 Å². The van der Waals surface area contributed by atoms with Crippen LogP contribution in [-0.2, 0) is 33.2 Å². The van der Waals surface area contributed by atoms with E-state index in [0.717, 1.165) is 19.3 Å². The molecule has 0 saturated carbocycles. The summed E-state index contributed by atoms with van der Waals surface area (Å²) in [5, 5.41) is 0. The van der Waals surface area contributed by atoms with Crippen molar-refractivity contribution in [1.82, 2.24) is 0 Å². The smallest absolute Gasteiger partial charge is 0.355 e. The number of hydrogen-bond donors (Lipinski definition) is 0. The van der Waals surface area contributed by atoms with E-state index < -0.39 is 23.3 Å². The van der Waals surface area contributed by atoms with Crippen LogP contribution in [0.2, 0.25) is 0 Å². The number of unbranched alkanes of at least 4 members (excludes halogenated alkanes) is 12. The summed E-state index contributed by atoms with van der Waals surface area (Å²) in [7, 11) is 0. The summed E-state index contributed by atoms with van der Waals surface area (Å²) in [5.41, 5.74) is 0. The summed E-state index contributed by atoms with van der Waals surface area (Å²) in [6, 6.07) is 0. The molecular formula is C23H36O7. The van der Waals surface area contributed by atoms with E-state index in [1.165, 1.54) is 70.6 Å². The van der Waals surface area contributed by atoms with Crippen molar-refractivity contribution < 1.29 is 33.2 Å². The molecule has 5 aliphatic rings. The molecule has 0 N–H and O–H groups in total. The average molecular weight is 425 g/mol. The van der Waals surface area contributed by atoms with Crippen molar-refractivity contribution >= 4 is 5.97 Å². The Kier molecular flexibility index (Phi) is 5.63. The van der Waals surface area contributed by atoms with Gasteiger partial charge < -0.3 is 9.47 Å². The van der Waals surface area contributed by atoms with Crippen LogP contribution in [0.4, 0.5) is 0 Å². The highest BCUT2D eigenvalue weighted by Gasteiger charge is 3.23. The van der Waals surface area contributed by atoms with Crippen LogP contribution in [-0.4, -0.2) is 42.0 Å². The largest absolute Gasteiger partial charge is 0.466 e. The second-order valence-corrected chi connectivity index (χ2v) is 9.41. The summed E-state index contributed by atoms with van der Waals surface area (Å²) >= 11 is 0. The predicted molar refractivity (Wildman–Crippen MR) is 106 cm³/mol. The minimum Gasteiger partial charge on any atom is -0.466 e. The maximum Gasteiger partial charge on any atom is 0.355 e. The van der Waals surface area contributed by atoms with Crippen LogP contribution in [0.25, 0.3) is 0 Å². The SMILES string of the molecule is CCOC(=O)CCCCCCCCCCCCCCCC1OC12OC21OC23OC21O3. The number of rotatable bonds is 17. The molecule has 7 heteroatoms. The van der Waals surface area contributed by atoms with Gasteiger partial charge in [-0.2, -0.15) is 0 Å². The Labute approximate surface area is 179 Å². The maximum atomic E-state index is 11.2. The summed E-state index contributed by atoms with van der Waals surface area (Å²) in [4.78, 5) is 11.2. The van der Waals surface area contributed by atoms with Crippen LogP contribution in [0.1, 0.15) is 103 Å². The number of esters is 1. The molecule has 0 radical (unpaired) electrons. The molecule has 0 aromatic heterocycles. The van der Waals surface area contributed by atoms with Gasteiger partial charge in [-0.3, -0.25) is 23.7 Å². The van der Waals surface area contributed by atoms with E-state index in [1.807, 2.05) is 6.92 Å². The van der Waals surface area contributed by atoms with Crippen LogP contribution < -0.4 is 0 Å². The molecule has 0 aromatic carbocycles. The number of carbonyl (C=O) groups excluding carboxylic acids is 1. The van der Waals surface area contributed by atoms with E-state index in [-0.39, 0.29) is 12.1 Å². The fourth-order valence-corrected chi connectivity index (χ4v) is 5.15. The lowest BCUT2D eigenvalue weighted by atomic mass is 10.0. The van der Waals surface area contributed by atoms with Crippen LogP contribution in [0.15, 0.2) is 0 Å². The molecule has 0 bridgehead atoms. The lowest BCUT2D eigenvalue weighted by Crippen LogP contribution is -2.41. The third-order valence-electron chi connectivity index (χ3n) is 7.14. The third kappa shape index (κ3) is 3.41. The normalized spacial score (nSPS) is 40.6. The van der Waals surface area contributed by atoms with E-state index >= 15 is 0 Å². The van der Waals surface area contributed by atoms with Crippen molar-refractivity contribution in [3.05, 3.63) is 0 Å². The highest BCUT2D eigenvalue weighted by Crippen LogP contribution is 2.93. The van der Waals surface area contributed by atoms with Crippen LogP contribution in [0.5, 0.6) is 0 Å². The Morgan fingerprint density at radius 3 is 1.77 bits per heavy atom. The van der Waals surface area contributed by atoms with Gasteiger partial charge in [-0.05, 0) is 19.8 Å². The molecule has 170 valence electrons. The zero-order valence-corrected chi connectivity index (χ0v) is 18.2. The molecule has 0 aromatic rings. The standard InChI is InChI=1S/C23H36O7/c1-2-25-19(24)17-15-13-11-9-7-5-3-4-6-8-10-12-14-16-18-20(26-18)21(27-20)22-23(28-21,29-22)30-22/h18H,2-17H2,1H3. The van der Waals surface area contributed by atoms with Crippen molar-refractivity contribution in [2.75, 3.05) is 6.61 Å². The monoisotopic (exact) mass is 424 g/mol. The van der Waals surface area contributed by atoms with Gasteiger partial charge in [0.1, 0.15) is 6.10 Å². The molecule has 5 aliphatic heterocycles. The molecule has 5 heterocycles. The van der Waals surface area contributed by atoms with Gasteiger partial charge in [0.05, 0.1) is 6.61 Å². The number of hydrogen-bond acceptors (Lipinski definition) is 7. The molecule has 0 aliphatic carbocycles. The van der Waals surface area contributed by atoms with Crippen LogP contribution in [0, 0.1) is 0 Å². The zero-order chi connectivity index (χ0) is 20.7. The lowest BCUT2D eigenvalue weighted by Gasteiger charge is -2.08. The number of ether oxygens (including phenoxy) is 6. The maximum absolute atomic E-state index is 11.2. The summed E-state index contributed by atoms with van der Waals surface area (Å²) in [6.45, 7) is 2.35. The van der Waals surface area contributed by atoms with Crippen molar-refractivity contribution in [1.29, 1.82) is 0 Å². The van der Waals surface area contributed by atoms with Gasteiger partial charge in [0.25, 0.3) is 11.6 Å². The molecule has 5 rings (SSSR count). The van der Waals surface area contributed by atoms with Gasteiger partial charge in [-0.25, -0.2) is 0 Å². The second-order valence-electron chi connectivity index (χ2n) is 9.41. The van der Waals surface area contributed by atoms with E-state index in [0.29, 0.717) is 13.0 Å². The Bertz CT molecular complexity index is 645. The summed E-state index contributed by atoms with van der Waals surface area (Å²) in [6.07, 6.45) is 18.2. The van der Waals surface area contributed by atoms with E-state index in [9.17, 15) is 4.79 Å². The molecular weight excluding hydrogens is 388 g/mol. The Hall–Kier alpha value is -0.730. The fourth-order valence-electron chi connectivity index (χ4n) is 5.15. The fraction of sp³-hybridized carbons (Fsp3) is 0.957. The first-order valence-corrected chi connectivity index (χ1v) is 12.3. The van der Waals surface area contributed by atoms with Gasteiger partial charge in [-0.1, -0.05) is 77.0 Å². The minimum absolute atomic E-state index is 0.0480. The molecule has 5 fully saturated rings. The van der Waals surface area contributed by atoms with E-state index in [2.05, 4.69) is 0 Å². The number of epoxide rings is 4. The van der Waals surface area contributed by atoms with Gasteiger partial charge in [0.2, 0.25) is 0 Å². The van der Waals surface area contributed by atoms with Gasteiger partial charge in [-0.15, -0.1) is 0 Å². The zero-order valence-electron chi connectivity index (χ0n) is 18.2. The highest BCUT2D eigenvalue weighted by atomic mass is 17.3. The minimum atomic E-state index is -0.724. The Morgan fingerprint density at radius 1 is 0.733 bits per heavy atom. The average Bonchev–Trinajstić information content (AvgIpc) is 3.62. The van der Waals surface area contributed by atoms with Crippen molar-refractivity contribution in [2.45, 2.75) is 133 Å². The first-order valence-electron chi connectivity index (χ1n) is 12.3. The second kappa shape index (κ2) is 8.00. The molecule has 0 amide bonds. The van der Waals surface area contributed by atoms with Gasteiger partial charge in [0, 0.05) is 6.42 Å². The van der Waals surface area contributed by atoms with E-state index in [4.69, 9.17) is 28.4 Å². The lowest BCUT2D eigenvalue weighted by molar-refractivity contribution is -0.166. The molecule has 7 nitrogen and oxygen atoms in total. The van der Waals surface area contributed by atoms with Crippen molar-refractivity contribution in [2.24, 2.45) is 0 Å². The molecule has 3 atom stereocenters. The first kappa shape index (κ1) is 21.1. The number of fused-ring (bicyclic) bond motifs is 1. The van der Waals surface area contributed by atoms with Crippen LogP contribution >= 0.6 is 0 Å². The molecule has 30 heavy (non-hydrogen) atoms. The topological polar surface area (TPSA) is 85.7 Å². The summed E-state index contributed by atoms with van der Waals surface area (Å²) in [5.74, 6) is -2.61. The predicted octanol–water partition coefficient (Wildman–Crippen LogP) is 4.66. The Balaban J connectivity index is 0.763. The quantitative estimate of drug-likeness (QED) is 0.191. The van der Waals surface area contributed by atoms with Crippen LogP contribution in [0.3, 0.4) is 0 Å². The highest BCUT2D eigenvalue weighted by molar-refractivity contribution is 5.69. The Morgan fingerprint density at radius 2 is 1.27 bits per heavy atom. The van der Waals surface area contributed by atoms with Gasteiger partial charge in [0.15, 0.2) is 0 Å². The number of carbonyl (C=O) groups is 1. The van der Waals surface area contributed by atoms with Crippen molar-refractivity contribution in [3.8, 4) is 0 Å².